The number of hydrogen-bond donors (Lipinski definition) is 1. The van der Waals surface area contributed by atoms with Crippen LogP contribution in [0.3, 0.4) is 0 Å². The van der Waals surface area contributed by atoms with Crippen molar-refractivity contribution in [1.82, 2.24) is 0 Å². The number of nitrogens with one attached hydrogen (secondary N) is 1. The molecule has 0 fully saturated rings. The molecule has 0 aliphatic carbocycles. The van der Waals surface area contributed by atoms with Crippen molar-refractivity contribution in [2.24, 2.45) is 0 Å². The second-order valence-corrected chi connectivity index (χ2v) is 7.91. The molecule has 3 nitrogen and oxygen atoms in total. The minimum atomic E-state index is -1.07. The molecule has 4 aromatic carbocycles. The van der Waals surface area contributed by atoms with Gasteiger partial charge in [0.1, 0.15) is 5.41 Å². The number of carbonyl (C=O) groups is 1. The lowest BCUT2D eigenvalue weighted by Crippen LogP contribution is -2.36. The number of anilines is 1. The number of benzene rings is 4. The number of nitrogens with zero attached hydrogens (tertiary/aromatic N) is 1. The first-order chi connectivity index (χ1) is 15.5. The molecular weight excluding hydrogens is 392 g/mol. The summed E-state index contributed by atoms with van der Waals surface area (Å²) in [4.78, 5) is 13.6. The molecule has 4 aromatic rings. The van der Waals surface area contributed by atoms with Gasteiger partial charge in [-0.15, -0.1) is 0 Å². The molecule has 0 aliphatic rings. The fourth-order valence-corrected chi connectivity index (χ4v) is 3.55. The van der Waals surface area contributed by atoms with Gasteiger partial charge in [-0.3, -0.25) is 4.79 Å². The summed E-state index contributed by atoms with van der Waals surface area (Å²) in [6.07, 6.45) is 0. The molecule has 4 rings (SSSR count). The first-order valence-electron chi connectivity index (χ1n) is 10.4. The van der Waals surface area contributed by atoms with E-state index in [-0.39, 0.29) is 5.91 Å². The molecule has 1 atom stereocenters. The molecule has 3 heteroatoms. The average molecular weight is 415 g/mol. The molecule has 0 bridgehead atoms. The zero-order valence-electron chi connectivity index (χ0n) is 18.0. The Kier molecular flexibility index (Phi) is 5.75. The van der Waals surface area contributed by atoms with E-state index in [4.69, 9.17) is 5.26 Å². The van der Waals surface area contributed by atoms with E-state index in [9.17, 15) is 4.79 Å². The largest absolute Gasteiger partial charge is 0.324 e. The Hall–Kier alpha value is -4.34. The molecule has 1 amide bonds. The Balaban J connectivity index is 1.75. The normalized spacial score (nSPS) is 12.2. The minimum Gasteiger partial charge on any atom is -0.324 e. The van der Waals surface area contributed by atoms with Gasteiger partial charge in [0, 0.05) is 16.6 Å². The van der Waals surface area contributed by atoms with E-state index in [1.165, 1.54) is 0 Å². The van der Waals surface area contributed by atoms with Gasteiger partial charge in [-0.1, -0.05) is 78.1 Å². The highest BCUT2D eigenvalue weighted by atomic mass is 16.2. The highest BCUT2D eigenvalue weighted by molar-refractivity contribution is 6.07. The monoisotopic (exact) mass is 414 g/mol. The molecule has 0 aromatic heterocycles. The molecule has 154 valence electrons. The second-order valence-electron chi connectivity index (χ2n) is 7.91. The third-order valence-corrected chi connectivity index (χ3v) is 5.59. The number of amides is 1. The van der Waals surface area contributed by atoms with Crippen LogP contribution in [0.2, 0.25) is 0 Å². The zero-order chi connectivity index (χ0) is 22.6. The van der Waals surface area contributed by atoms with Crippen molar-refractivity contribution in [3.05, 3.63) is 113 Å². The predicted molar refractivity (Wildman–Crippen MR) is 129 cm³/mol. The number of hydrogen-bond acceptors (Lipinski definition) is 2. The van der Waals surface area contributed by atoms with Crippen molar-refractivity contribution >= 4 is 22.4 Å². The van der Waals surface area contributed by atoms with E-state index in [0.717, 1.165) is 33.2 Å². The van der Waals surface area contributed by atoms with E-state index in [1.807, 2.05) is 80.6 Å². The molecule has 0 heterocycles. The highest BCUT2D eigenvalue weighted by Crippen LogP contribution is 2.29. The van der Waals surface area contributed by atoms with Crippen LogP contribution >= 0.6 is 0 Å². The summed E-state index contributed by atoms with van der Waals surface area (Å²) in [5, 5.41) is 14.2. The number of rotatable bonds is 3. The SMILES string of the molecule is Cc1ccc([C@@](C)(C#Cc2ccc(C#N)cc2)C(=O)Nc2cccc3ccccc23)cc1. The summed E-state index contributed by atoms with van der Waals surface area (Å²) < 4.78 is 0. The lowest BCUT2D eigenvalue weighted by molar-refractivity contribution is -0.119. The quantitative estimate of drug-likeness (QED) is 0.420. The van der Waals surface area contributed by atoms with E-state index < -0.39 is 5.41 Å². The topological polar surface area (TPSA) is 52.9 Å². The zero-order valence-corrected chi connectivity index (χ0v) is 18.0. The van der Waals surface area contributed by atoms with Crippen LogP contribution in [0.4, 0.5) is 5.69 Å². The van der Waals surface area contributed by atoms with Crippen molar-refractivity contribution in [1.29, 1.82) is 5.26 Å². The molecular formula is C29H22N2O. The Morgan fingerprint density at radius 3 is 2.22 bits per heavy atom. The van der Waals surface area contributed by atoms with Crippen molar-refractivity contribution < 1.29 is 4.79 Å². The Labute approximate surface area is 188 Å². The van der Waals surface area contributed by atoms with Crippen molar-refractivity contribution in [2.45, 2.75) is 19.3 Å². The van der Waals surface area contributed by atoms with Crippen LogP contribution in [0.15, 0.2) is 91.0 Å². The van der Waals surface area contributed by atoms with Crippen LogP contribution in [0.5, 0.6) is 0 Å². The Bertz CT molecular complexity index is 1380. The summed E-state index contributed by atoms with van der Waals surface area (Å²) in [7, 11) is 0. The van der Waals surface area contributed by atoms with Crippen molar-refractivity contribution in [2.75, 3.05) is 5.32 Å². The van der Waals surface area contributed by atoms with Gasteiger partial charge in [0.15, 0.2) is 0 Å². The predicted octanol–water partition coefficient (Wildman–Crippen LogP) is 5.97. The molecule has 0 unspecified atom stereocenters. The third kappa shape index (κ3) is 4.24. The first kappa shape index (κ1) is 20.9. The number of carbonyl (C=O) groups excluding carboxylic acids is 1. The maximum absolute atomic E-state index is 13.6. The van der Waals surface area contributed by atoms with Crippen LogP contribution in [0.1, 0.15) is 29.2 Å². The van der Waals surface area contributed by atoms with Gasteiger partial charge in [0.05, 0.1) is 11.6 Å². The van der Waals surface area contributed by atoms with Gasteiger partial charge in [-0.25, -0.2) is 0 Å². The van der Waals surface area contributed by atoms with Gasteiger partial charge < -0.3 is 5.32 Å². The van der Waals surface area contributed by atoms with Crippen LogP contribution in [-0.4, -0.2) is 5.91 Å². The molecule has 0 saturated heterocycles. The molecule has 0 saturated carbocycles. The lowest BCUT2D eigenvalue weighted by atomic mass is 9.81. The number of nitriles is 1. The molecule has 0 radical (unpaired) electrons. The van der Waals surface area contributed by atoms with Gasteiger partial charge in [-0.05, 0) is 55.1 Å². The molecule has 0 spiro atoms. The Morgan fingerprint density at radius 2 is 1.50 bits per heavy atom. The van der Waals surface area contributed by atoms with Gasteiger partial charge in [0.25, 0.3) is 0 Å². The first-order valence-corrected chi connectivity index (χ1v) is 10.4. The maximum Gasteiger partial charge on any atom is 0.246 e. The summed E-state index contributed by atoms with van der Waals surface area (Å²) in [6.45, 7) is 3.86. The van der Waals surface area contributed by atoms with Crippen LogP contribution in [-0.2, 0) is 10.2 Å². The van der Waals surface area contributed by atoms with Crippen LogP contribution in [0, 0.1) is 30.1 Å². The highest BCUT2D eigenvalue weighted by Gasteiger charge is 2.34. The molecule has 0 aliphatic heterocycles. The van der Waals surface area contributed by atoms with E-state index in [1.54, 1.807) is 24.3 Å². The third-order valence-electron chi connectivity index (χ3n) is 5.59. The van der Waals surface area contributed by atoms with Crippen molar-refractivity contribution in [3.8, 4) is 17.9 Å². The van der Waals surface area contributed by atoms with E-state index in [2.05, 4.69) is 23.2 Å². The summed E-state index contributed by atoms with van der Waals surface area (Å²) in [5.74, 6) is 6.15. The molecule has 32 heavy (non-hydrogen) atoms. The van der Waals surface area contributed by atoms with Crippen molar-refractivity contribution in [3.63, 3.8) is 0 Å². The molecule has 1 N–H and O–H groups in total. The number of aryl methyl sites for hydroxylation is 1. The lowest BCUT2D eigenvalue weighted by Gasteiger charge is -2.24. The summed E-state index contributed by atoms with van der Waals surface area (Å²) >= 11 is 0. The maximum atomic E-state index is 13.6. The fourth-order valence-electron chi connectivity index (χ4n) is 3.55. The standard InChI is InChI=1S/C29H22N2O/c1-21-10-16-25(17-11-21)29(2,19-18-22-12-14-23(20-30)15-13-22)28(32)31-27-9-5-7-24-6-3-4-8-26(24)27/h3-17H,1-2H3,(H,31,32)/t29-/m1/s1. The minimum absolute atomic E-state index is 0.196. The van der Waals surface area contributed by atoms with Gasteiger partial charge in [0.2, 0.25) is 5.91 Å². The summed E-state index contributed by atoms with van der Waals surface area (Å²) in [5.41, 5.74) is 2.95. The summed E-state index contributed by atoms with van der Waals surface area (Å²) in [6, 6.07) is 30.8. The van der Waals surface area contributed by atoms with E-state index >= 15 is 0 Å². The average Bonchev–Trinajstić information content (AvgIpc) is 2.83. The van der Waals surface area contributed by atoms with E-state index in [0.29, 0.717) is 5.56 Å². The fraction of sp³-hybridized carbons (Fsp3) is 0.103. The number of fused-ring (bicyclic) bond motifs is 1. The smallest absolute Gasteiger partial charge is 0.246 e. The van der Waals surface area contributed by atoms with Crippen LogP contribution in [0.25, 0.3) is 10.8 Å². The second kappa shape index (κ2) is 8.80. The van der Waals surface area contributed by atoms with Crippen LogP contribution < -0.4 is 5.32 Å². The van der Waals surface area contributed by atoms with Gasteiger partial charge in [-0.2, -0.15) is 5.26 Å². The van der Waals surface area contributed by atoms with Gasteiger partial charge >= 0.3 is 0 Å². The Morgan fingerprint density at radius 1 is 0.844 bits per heavy atom.